The molecule has 3 aromatic rings. The normalized spacial score (nSPS) is 10.9. The molecule has 7 nitrogen and oxygen atoms in total. The summed E-state index contributed by atoms with van der Waals surface area (Å²) in [6.45, 7) is 1.92. The van der Waals surface area contributed by atoms with Crippen molar-refractivity contribution in [2.75, 3.05) is 7.11 Å². The molecule has 0 atom stereocenters. The monoisotopic (exact) mass is 414 g/mol. The molecular formula is C24H22N4O3. The largest absolute Gasteiger partial charge is 0.495 e. The molecule has 0 unspecified atom stereocenters. The third-order valence-electron chi connectivity index (χ3n) is 4.31. The van der Waals surface area contributed by atoms with Crippen molar-refractivity contribution in [2.24, 2.45) is 10.2 Å². The van der Waals surface area contributed by atoms with E-state index in [1.807, 2.05) is 31.2 Å². The van der Waals surface area contributed by atoms with Crippen molar-refractivity contribution < 1.29 is 14.3 Å². The molecule has 3 rings (SSSR count). The van der Waals surface area contributed by atoms with E-state index in [1.54, 1.807) is 48.5 Å². The number of ether oxygens (including phenoxy) is 1. The van der Waals surface area contributed by atoms with E-state index in [1.165, 1.54) is 19.5 Å². The molecule has 156 valence electrons. The molecule has 0 aromatic heterocycles. The number of hydrazone groups is 2. The van der Waals surface area contributed by atoms with Crippen LogP contribution in [0.1, 0.15) is 37.4 Å². The van der Waals surface area contributed by atoms with E-state index in [0.29, 0.717) is 28.0 Å². The Morgan fingerprint density at radius 2 is 1.19 bits per heavy atom. The summed E-state index contributed by atoms with van der Waals surface area (Å²) in [6, 6.07) is 21.4. The Hall–Kier alpha value is -4.26. The maximum absolute atomic E-state index is 12.1. The number of rotatable bonds is 7. The lowest BCUT2D eigenvalue weighted by Crippen LogP contribution is -2.18. The van der Waals surface area contributed by atoms with Crippen LogP contribution in [-0.4, -0.2) is 31.4 Å². The number of hydrogen-bond donors (Lipinski definition) is 2. The highest BCUT2D eigenvalue weighted by Crippen LogP contribution is 2.23. The zero-order chi connectivity index (χ0) is 22.1. The number of benzene rings is 3. The Kier molecular flexibility index (Phi) is 7.26. The molecule has 0 aliphatic rings. The molecule has 0 heterocycles. The Labute approximate surface area is 180 Å². The van der Waals surface area contributed by atoms with Crippen LogP contribution >= 0.6 is 0 Å². The maximum atomic E-state index is 12.1. The summed E-state index contributed by atoms with van der Waals surface area (Å²) >= 11 is 0. The Morgan fingerprint density at radius 1 is 0.774 bits per heavy atom. The Balaban J connectivity index is 1.73. The number of carbonyl (C=O) groups excluding carboxylic acids is 2. The second-order valence-electron chi connectivity index (χ2n) is 6.61. The van der Waals surface area contributed by atoms with Crippen LogP contribution < -0.4 is 15.6 Å². The number of nitrogens with zero attached hydrogens (tertiary/aromatic N) is 2. The average molecular weight is 414 g/mol. The van der Waals surface area contributed by atoms with Crippen LogP contribution in [0.25, 0.3) is 0 Å². The molecule has 0 spiro atoms. The number of hydrogen-bond acceptors (Lipinski definition) is 5. The van der Waals surface area contributed by atoms with Gasteiger partial charge >= 0.3 is 0 Å². The zero-order valence-electron chi connectivity index (χ0n) is 17.2. The second kappa shape index (κ2) is 10.5. The van der Waals surface area contributed by atoms with Crippen LogP contribution in [0.3, 0.4) is 0 Å². The first-order valence-electron chi connectivity index (χ1n) is 9.54. The molecule has 0 aliphatic heterocycles. The minimum atomic E-state index is -0.311. The van der Waals surface area contributed by atoms with Crippen molar-refractivity contribution in [3.8, 4) is 5.75 Å². The molecule has 31 heavy (non-hydrogen) atoms. The Morgan fingerprint density at radius 3 is 1.58 bits per heavy atom. The lowest BCUT2D eigenvalue weighted by atomic mass is 10.1. The van der Waals surface area contributed by atoms with E-state index < -0.39 is 0 Å². The molecule has 2 amide bonds. The van der Waals surface area contributed by atoms with Gasteiger partial charge in [0.25, 0.3) is 11.8 Å². The SMILES string of the molecule is COc1c(/C=N/NC(=O)c2ccccc2)cc(C)cc1/C=N/NC(=O)c1ccccc1. The van der Waals surface area contributed by atoms with Gasteiger partial charge in [0.05, 0.1) is 19.5 Å². The van der Waals surface area contributed by atoms with Crippen molar-refractivity contribution >= 4 is 24.2 Å². The van der Waals surface area contributed by atoms with Crippen molar-refractivity contribution in [1.82, 2.24) is 10.9 Å². The quantitative estimate of drug-likeness (QED) is 0.458. The van der Waals surface area contributed by atoms with Gasteiger partial charge < -0.3 is 4.74 Å². The number of aryl methyl sites for hydroxylation is 1. The van der Waals surface area contributed by atoms with E-state index in [2.05, 4.69) is 21.1 Å². The van der Waals surface area contributed by atoms with Crippen molar-refractivity contribution in [2.45, 2.75) is 6.92 Å². The number of nitrogens with one attached hydrogen (secondary N) is 2. The number of carbonyl (C=O) groups is 2. The van der Waals surface area contributed by atoms with Gasteiger partial charge in [-0.1, -0.05) is 36.4 Å². The lowest BCUT2D eigenvalue weighted by molar-refractivity contribution is 0.0947. The van der Waals surface area contributed by atoms with Gasteiger partial charge in [0.1, 0.15) is 5.75 Å². The molecule has 0 saturated carbocycles. The molecule has 0 aliphatic carbocycles. The fourth-order valence-electron chi connectivity index (χ4n) is 2.89. The summed E-state index contributed by atoms with van der Waals surface area (Å²) in [5.41, 5.74) is 8.28. The molecule has 0 bridgehead atoms. The minimum Gasteiger partial charge on any atom is -0.495 e. The van der Waals surface area contributed by atoms with Gasteiger partial charge in [-0.25, -0.2) is 10.9 Å². The van der Waals surface area contributed by atoms with Gasteiger partial charge in [-0.2, -0.15) is 10.2 Å². The predicted molar refractivity (Wildman–Crippen MR) is 121 cm³/mol. The summed E-state index contributed by atoms with van der Waals surface area (Å²) in [6.07, 6.45) is 3.01. The van der Waals surface area contributed by atoms with Gasteiger partial charge in [0.2, 0.25) is 0 Å². The van der Waals surface area contributed by atoms with Crippen LogP contribution in [0.15, 0.2) is 83.0 Å². The van der Waals surface area contributed by atoms with Crippen LogP contribution in [0, 0.1) is 6.92 Å². The van der Waals surface area contributed by atoms with Crippen molar-refractivity contribution in [3.05, 3.63) is 101 Å². The van der Waals surface area contributed by atoms with Gasteiger partial charge in [-0.05, 0) is 48.9 Å². The zero-order valence-corrected chi connectivity index (χ0v) is 17.2. The minimum absolute atomic E-state index is 0.311. The van der Waals surface area contributed by atoms with Crippen LogP contribution in [0.4, 0.5) is 0 Å². The maximum Gasteiger partial charge on any atom is 0.271 e. The molecule has 2 N–H and O–H groups in total. The standard InChI is InChI=1S/C24H22N4O3/c1-17-13-20(15-25-27-23(29)18-9-5-3-6-10-18)22(31-2)21(14-17)16-26-28-24(30)19-11-7-4-8-12-19/h3-16H,1-2H3,(H,27,29)(H,28,30)/b25-15+,26-16+. The number of amides is 2. The van der Waals surface area contributed by atoms with Gasteiger partial charge in [-0.3, -0.25) is 9.59 Å². The van der Waals surface area contributed by atoms with Crippen LogP contribution in [-0.2, 0) is 0 Å². The van der Waals surface area contributed by atoms with Gasteiger partial charge in [0, 0.05) is 22.3 Å². The van der Waals surface area contributed by atoms with Crippen LogP contribution in [0.2, 0.25) is 0 Å². The topological polar surface area (TPSA) is 92.2 Å². The Bertz CT molecular complexity index is 1030. The predicted octanol–water partition coefficient (Wildman–Crippen LogP) is 3.53. The second-order valence-corrected chi connectivity index (χ2v) is 6.61. The summed E-state index contributed by atoms with van der Waals surface area (Å²) in [5.74, 6) is -0.108. The number of methoxy groups -OCH3 is 1. The third kappa shape index (κ3) is 5.86. The highest BCUT2D eigenvalue weighted by molar-refractivity contribution is 5.97. The fourth-order valence-corrected chi connectivity index (χ4v) is 2.89. The van der Waals surface area contributed by atoms with E-state index in [0.717, 1.165) is 5.56 Å². The van der Waals surface area contributed by atoms with E-state index in [4.69, 9.17) is 4.74 Å². The molecular weight excluding hydrogens is 392 g/mol. The molecule has 3 aromatic carbocycles. The molecule has 0 fully saturated rings. The first kappa shape index (κ1) is 21.4. The molecule has 0 radical (unpaired) electrons. The summed E-state index contributed by atoms with van der Waals surface area (Å²) < 4.78 is 5.51. The van der Waals surface area contributed by atoms with Gasteiger partial charge in [0.15, 0.2) is 0 Å². The summed E-state index contributed by atoms with van der Waals surface area (Å²) in [7, 11) is 1.53. The van der Waals surface area contributed by atoms with Crippen molar-refractivity contribution in [1.29, 1.82) is 0 Å². The summed E-state index contributed by atoms with van der Waals surface area (Å²) in [4.78, 5) is 24.3. The van der Waals surface area contributed by atoms with E-state index in [9.17, 15) is 9.59 Å². The smallest absolute Gasteiger partial charge is 0.271 e. The first-order valence-corrected chi connectivity index (χ1v) is 9.54. The van der Waals surface area contributed by atoms with Crippen LogP contribution in [0.5, 0.6) is 5.75 Å². The highest BCUT2D eigenvalue weighted by atomic mass is 16.5. The fraction of sp³-hybridized carbons (Fsp3) is 0.0833. The van der Waals surface area contributed by atoms with Gasteiger partial charge in [-0.15, -0.1) is 0 Å². The first-order chi connectivity index (χ1) is 15.1. The van der Waals surface area contributed by atoms with E-state index in [-0.39, 0.29) is 11.8 Å². The summed E-state index contributed by atoms with van der Waals surface area (Å²) in [5, 5.41) is 8.08. The lowest BCUT2D eigenvalue weighted by Gasteiger charge is -2.10. The molecule has 7 heteroatoms. The van der Waals surface area contributed by atoms with Crippen molar-refractivity contribution in [3.63, 3.8) is 0 Å². The average Bonchev–Trinajstić information content (AvgIpc) is 2.80. The third-order valence-corrected chi connectivity index (χ3v) is 4.31. The van der Waals surface area contributed by atoms with E-state index >= 15 is 0 Å². The highest BCUT2D eigenvalue weighted by Gasteiger charge is 2.09. The molecule has 0 saturated heterocycles.